The Labute approximate surface area is 64.4 Å². The summed E-state index contributed by atoms with van der Waals surface area (Å²) in [5.74, 6) is -0.188. The zero-order valence-electron chi connectivity index (χ0n) is 6.24. The van der Waals surface area contributed by atoms with E-state index in [0.717, 1.165) is 0 Å². The second kappa shape index (κ2) is 3.25. The van der Waals surface area contributed by atoms with E-state index < -0.39 is 0 Å². The van der Waals surface area contributed by atoms with Gasteiger partial charge >= 0.3 is 0 Å². The van der Waals surface area contributed by atoms with Gasteiger partial charge in [0, 0.05) is 13.5 Å². The quantitative estimate of drug-likeness (QED) is 0.502. The van der Waals surface area contributed by atoms with Crippen molar-refractivity contribution in [2.75, 3.05) is 7.05 Å². The van der Waals surface area contributed by atoms with Gasteiger partial charge in [-0.25, -0.2) is 4.99 Å². The maximum Gasteiger partial charge on any atom is 0.265 e. The number of nitrogens with one attached hydrogen (secondary N) is 1. The molecule has 3 N–H and O–H groups in total. The summed E-state index contributed by atoms with van der Waals surface area (Å²) in [5, 5.41) is 2.47. The summed E-state index contributed by atoms with van der Waals surface area (Å²) in [4.78, 5) is 18.5. The second-order valence-corrected chi connectivity index (χ2v) is 2.19. The van der Waals surface area contributed by atoms with Crippen LogP contribution >= 0.6 is 0 Å². The van der Waals surface area contributed by atoms with Crippen LogP contribution < -0.4 is 11.1 Å². The maximum absolute atomic E-state index is 11.0. The lowest BCUT2D eigenvalue weighted by atomic mass is 10.2. The van der Waals surface area contributed by atoms with Crippen LogP contribution in [0.4, 0.5) is 0 Å². The molecule has 0 saturated heterocycles. The van der Waals surface area contributed by atoms with Crippen molar-refractivity contribution in [3.8, 4) is 0 Å². The fourth-order valence-electron chi connectivity index (χ4n) is 0.788. The summed E-state index contributed by atoms with van der Waals surface area (Å²) in [6, 6.07) is 0. The van der Waals surface area contributed by atoms with Crippen LogP contribution in [0.15, 0.2) is 9.98 Å². The van der Waals surface area contributed by atoms with E-state index in [9.17, 15) is 4.79 Å². The highest BCUT2D eigenvalue weighted by atomic mass is 16.1. The SMILES string of the molecule is CNC(=O)C1=NC=NC(N)C1. The topological polar surface area (TPSA) is 79.8 Å². The predicted octanol–water partition coefficient (Wildman–Crippen LogP) is -1.11. The first-order valence-corrected chi connectivity index (χ1v) is 3.30. The molecule has 1 aliphatic rings. The highest BCUT2D eigenvalue weighted by Gasteiger charge is 2.15. The first-order valence-electron chi connectivity index (χ1n) is 3.30. The van der Waals surface area contributed by atoms with Gasteiger partial charge in [0.15, 0.2) is 0 Å². The van der Waals surface area contributed by atoms with Gasteiger partial charge in [-0.05, 0) is 0 Å². The Hall–Kier alpha value is -1.23. The van der Waals surface area contributed by atoms with Crippen LogP contribution in [0.1, 0.15) is 6.42 Å². The largest absolute Gasteiger partial charge is 0.354 e. The summed E-state index contributed by atoms with van der Waals surface area (Å²) < 4.78 is 0. The molecule has 1 rings (SSSR count). The number of nitrogens with two attached hydrogens (primary N) is 1. The van der Waals surface area contributed by atoms with Crippen LogP contribution in [0.3, 0.4) is 0 Å². The van der Waals surface area contributed by atoms with Gasteiger partial charge in [-0.3, -0.25) is 9.79 Å². The fraction of sp³-hybridized carbons (Fsp3) is 0.500. The summed E-state index contributed by atoms with van der Waals surface area (Å²) in [5.41, 5.74) is 5.90. The predicted molar refractivity (Wildman–Crippen MR) is 42.6 cm³/mol. The molecule has 1 aliphatic heterocycles. The van der Waals surface area contributed by atoms with E-state index >= 15 is 0 Å². The number of hydrogen-bond acceptors (Lipinski definition) is 4. The van der Waals surface area contributed by atoms with Gasteiger partial charge in [-0.2, -0.15) is 0 Å². The van der Waals surface area contributed by atoms with Gasteiger partial charge < -0.3 is 11.1 Å². The monoisotopic (exact) mass is 154 g/mol. The third-order valence-corrected chi connectivity index (χ3v) is 1.36. The Balaban J connectivity index is 2.66. The molecule has 0 saturated carbocycles. The molecule has 5 nitrogen and oxygen atoms in total. The van der Waals surface area contributed by atoms with E-state index in [0.29, 0.717) is 12.1 Å². The van der Waals surface area contributed by atoms with Crippen molar-refractivity contribution in [3.63, 3.8) is 0 Å². The lowest BCUT2D eigenvalue weighted by molar-refractivity contribution is -0.114. The second-order valence-electron chi connectivity index (χ2n) is 2.19. The molecule has 60 valence electrons. The number of rotatable bonds is 1. The average Bonchev–Trinajstić information content (AvgIpc) is 2.03. The lowest BCUT2D eigenvalue weighted by Crippen LogP contribution is -2.34. The third kappa shape index (κ3) is 1.84. The molecule has 0 radical (unpaired) electrons. The minimum absolute atomic E-state index is 0.188. The standard InChI is InChI=1S/C6H10N4O/c1-8-6(11)4-2-5(7)10-3-9-4/h3,5H,2,7H2,1H3,(H,8,11). The number of carbonyl (C=O) groups is 1. The molecular formula is C6H10N4O. The summed E-state index contributed by atoms with van der Waals surface area (Å²) in [6.07, 6.45) is 1.41. The third-order valence-electron chi connectivity index (χ3n) is 1.36. The van der Waals surface area contributed by atoms with Crippen LogP contribution in [-0.4, -0.2) is 31.2 Å². The Morgan fingerprint density at radius 2 is 2.64 bits per heavy atom. The Kier molecular flexibility index (Phi) is 2.32. The van der Waals surface area contributed by atoms with Crippen LogP contribution in [0.5, 0.6) is 0 Å². The van der Waals surface area contributed by atoms with Crippen molar-refractivity contribution < 1.29 is 4.79 Å². The van der Waals surface area contributed by atoms with Crippen LogP contribution in [0, 0.1) is 0 Å². The van der Waals surface area contributed by atoms with Gasteiger partial charge in [0.1, 0.15) is 18.2 Å². The molecule has 1 heterocycles. The first kappa shape index (κ1) is 7.87. The van der Waals surface area contributed by atoms with Crippen molar-refractivity contribution in [1.29, 1.82) is 0 Å². The van der Waals surface area contributed by atoms with Crippen LogP contribution in [-0.2, 0) is 4.79 Å². The molecule has 1 amide bonds. The lowest BCUT2D eigenvalue weighted by Gasteiger charge is -2.10. The molecule has 5 heteroatoms. The molecular weight excluding hydrogens is 144 g/mol. The summed E-state index contributed by atoms with van der Waals surface area (Å²) in [7, 11) is 1.56. The summed E-state index contributed by atoms with van der Waals surface area (Å²) >= 11 is 0. The fourth-order valence-corrected chi connectivity index (χ4v) is 0.788. The zero-order chi connectivity index (χ0) is 8.27. The molecule has 1 unspecified atom stereocenters. The van der Waals surface area contributed by atoms with Gasteiger partial charge in [-0.15, -0.1) is 0 Å². The van der Waals surface area contributed by atoms with E-state index in [-0.39, 0.29) is 12.1 Å². The minimum atomic E-state index is -0.320. The highest BCUT2D eigenvalue weighted by Crippen LogP contribution is 1.98. The number of carbonyl (C=O) groups excluding carboxylic acids is 1. The molecule has 0 aromatic heterocycles. The van der Waals surface area contributed by atoms with Gasteiger partial charge in [0.05, 0.1) is 0 Å². The van der Waals surface area contributed by atoms with Crippen molar-refractivity contribution in [3.05, 3.63) is 0 Å². The van der Waals surface area contributed by atoms with E-state index in [1.54, 1.807) is 7.05 Å². The first-order chi connectivity index (χ1) is 5.24. The smallest absolute Gasteiger partial charge is 0.265 e. The number of amides is 1. The number of hydrogen-bond donors (Lipinski definition) is 2. The molecule has 0 spiro atoms. The van der Waals surface area contributed by atoms with Crippen molar-refractivity contribution in [2.24, 2.45) is 15.7 Å². The van der Waals surface area contributed by atoms with Gasteiger partial charge in [-0.1, -0.05) is 0 Å². The summed E-state index contributed by atoms with van der Waals surface area (Å²) in [6.45, 7) is 0. The molecule has 11 heavy (non-hydrogen) atoms. The number of aliphatic imine (C=N–C) groups is 2. The van der Waals surface area contributed by atoms with Crippen molar-refractivity contribution >= 4 is 18.0 Å². The molecule has 1 atom stereocenters. The Morgan fingerprint density at radius 3 is 3.18 bits per heavy atom. The maximum atomic E-state index is 11.0. The molecule has 0 aromatic carbocycles. The molecule has 0 fully saturated rings. The van der Waals surface area contributed by atoms with E-state index in [1.165, 1.54) is 6.34 Å². The van der Waals surface area contributed by atoms with Crippen LogP contribution in [0.2, 0.25) is 0 Å². The van der Waals surface area contributed by atoms with Crippen LogP contribution in [0.25, 0.3) is 0 Å². The molecule has 0 aromatic rings. The van der Waals surface area contributed by atoms with E-state index in [1.807, 2.05) is 0 Å². The Bertz CT molecular complexity index is 221. The van der Waals surface area contributed by atoms with Crippen molar-refractivity contribution in [1.82, 2.24) is 5.32 Å². The average molecular weight is 154 g/mol. The number of nitrogens with zero attached hydrogens (tertiary/aromatic N) is 2. The molecule has 0 bridgehead atoms. The zero-order valence-corrected chi connectivity index (χ0v) is 6.24. The Morgan fingerprint density at radius 1 is 1.91 bits per heavy atom. The van der Waals surface area contributed by atoms with Gasteiger partial charge in [0.2, 0.25) is 0 Å². The van der Waals surface area contributed by atoms with E-state index in [2.05, 4.69) is 15.3 Å². The minimum Gasteiger partial charge on any atom is -0.354 e. The molecule has 0 aliphatic carbocycles. The normalized spacial score (nSPS) is 22.7. The van der Waals surface area contributed by atoms with Gasteiger partial charge in [0.25, 0.3) is 5.91 Å². The van der Waals surface area contributed by atoms with Crippen molar-refractivity contribution in [2.45, 2.75) is 12.6 Å². The van der Waals surface area contributed by atoms with E-state index in [4.69, 9.17) is 5.73 Å². The highest BCUT2D eigenvalue weighted by molar-refractivity contribution is 6.40.